The van der Waals surface area contributed by atoms with Crippen LogP contribution in [0.1, 0.15) is 76.9 Å². The number of ether oxygens (including phenoxy) is 1. The molecule has 3 atom stereocenters. The highest BCUT2D eigenvalue weighted by molar-refractivity contribution is 5.81. The van der Waals surface area contributed by atoms with Gasteiger partial charge in [-0.3, -0.25) is 4.79 Å². The Morgan fingerprint density at radius 2 is 1.96 bits per heavy atom. The molecule has 2 rings (SSSR count). The van der Waals surface area contributed by atoms with Crippen molar-refractivity contribution in [1.29, 1.82) is 0 Å². The zero-order valence-electron chi connectivity index (χ0n) is 20.0. The number of benzene rings is 1. The predicted molar refractivity (Wildman–Crippen MR) is 99.2 cm³/mol. The largest absolute Gasteiger partial charge is 0.462 e. The number of esters is 1. The maximum atomic E-state index is 13.2. The molecule has 0 spiro atoms. The van der Waals surface area contributed by atoms with Gasteiger partial charge >= 0.3 is 5.97 Å². The van der Waals surface area contributed by atoms with Crippen LogP contribution in [-0.4, -0.2) is 23.2 Å². The number of hydrogen-bond donors (Lipinski definition) is 1. The molecule has 0 aliphatic carbocycles. The van der Waals surface area contributed by atoms with Gasteiger partial charge in [-0.05, 0) is 71.4 Å². The average molecular weight is 336 g/mol. The molecular formula is C21H33NO2. The van der Waals surface area contributed by atoms with Crippen molar-refractivity contribution in [3.63, 3.8) is 0 Å². The highest BCUT2D eigenvalue weighted by Gasteiger charge is 2.48. The molecule has 1 fully saturated rings. The second kappa shape index (κ2) is 6.87. The van der Waals surface area contributed by atoms with Crippen LogP contribution in [0.3, 0.4) is 0 Å². The Morgan fingerprint density at radius 1 is 1.33 bits per heavy atom. The first kappa shape index (κ1) is 13.9. The van der Waals surface area contributed by atoms with Gasteiger partial charge in [0.05, 0.1) is 17.5 Å². The summed E-state index contributed by atoms with van der Waals surface area (Å²) in [4.78, 5) is 13.2. The molecule has 0 amide bonds. The SMILES string of the molecule is [2H]c1c([2H])c([2H])c([C@@H](C(=O)OC(C)C)[C@@]2(C)CCC(C)C(C)(C)N2)c(C)c1[2H]. The van der Waals surface area contributed by atoms with Gasteiger partial charge in [0.15, 0.2) is 0 Å². The van der Waals surface area contributed by atoms with E-state index in [1.807, 2.05) is 6.92 Å². The number of carbonyl (C=O) groups excluding carboxylic acids is 1. The number of hydrogen-bond acceptors (Lipinski definition) is 3. The maximum Gasteiger partial charge on any atom is 0.315 e. The van der Waals surface area contributed by atoms with Crippen LogP contribution in [0.25, 0.3) is 0 Å². The molecule has 0 bridgehead atoms. The molecule has 1 unspecified atom stereocenters. The molecule has 24 heavy (non-hydrogen) atoms. The highest BCUT2D eigenvalue weighted by Crippen LogP contribution is 2.42. The van der Waals surface area contributed by atoms with Crippen LogP contribution < -0.4 is 5.32 Å². The quantitative estimate of drug-likeness (QED) is 0.818. The van der Waals surface area contributed by atoms with E-state index in [9.17, 15) is 4.79 Å². The van der Waals surface area contributed by atoms with Gasteiger partial charge in [-0.15, -0.1) is 0 Å². The summed E-state index contributed by atoms with van der Waals surface area (Å²) >= 11 is 0. The first-order chi connectivity index (χ1) is 12.7. The van der Waals surface area contributed by atoms with Crippen LogP contribution in [0.4, 0.5) is 0 Å². The van der Waals surface area contributed by atoms with Crippen LogP contribution in [0, 0.1) is 12.8 Å². The van der Waals surface area contributed by atoms with Crippen LogP contribution in [0.5, 0.6) is 0 Å². The van der Waals surface area contributed by atoms with E-state index in [1.54, 1.807) is 20.8 Å². The van der Waals surface area contributed by atoms with E-state index in [4.69, 9.17) is 10.2 Å². The molecule has 1 heterocycles. The van der Waals surface area contributed by atoms with Crippen molar-refractivity contribution in [3.8, 4) is 0 Å². The predicted octanol–water partition coefficient (Wildman–Crippen LogP) is 4.59. The molecule has 0 radical (unpaired) electrons. The third kappa shape index (κ3) is 3.83. The summed E-state index contributed by atoms with van der Waals surface area (Å²) in [5.74, 6) is -0.875. The topological polar surface area (TPSA) is 38.3 Å². The Morgan fingerprint density at radius 3 is 2.54 bits per heavy atom. The smallest absolute Gasteiger partial charge is 0.315 e. The lowest BCUT2D eigenvalue weighted by Gasteiger charge is -2.51. The van der Waals surface area contributed by atoms with Gasteiger partial charge in [0.2, 0.25) is 0 Å². The normalized spacial score (nSPS) is 30.1. The van der Waals surface area contributed by atoms with E-state index in [0.717, 1.165) is 6.42 Å². The molecule has 1 aliphatic heterocycles. The number of rotatable bonds is 4. The molecule has 1 aromatic rings. The van der Waals surface area contributed by atoms with Crippen molar-refractivity contribution < 1.29 is 15.0 Å². The van der Waals surface area contributed by atoms with Crippen molar-refractivity contribution in [3.05, 3.63) is 35.3 Å². The summed E-state index contributed by atoms with van der Waals surface area (Å²) in [6.07, 6.45) is 1.30. The summed E-state index contributed by atoms with van der Waals surface area (Å²) in [6.45, 7) is 13.6. The summed E-state index contributed by atoms with van der Waals surface area (Å²) in [5, 5.41) is 3.63. The summed E-state index contributed by atoms with van der Waals surface area (Å²) in [7, 11) is 0. The van der Waals surface area contributed by atoms with Crippen LogP contribution in [-0.2, 0) is 9.53 Å². The minimum Gasteiger partial charge on any atom is -0.462 e. The number of carbonyl (C=O) groups is 1. The lowest BCUT2D eigenvalue weighted by Crippen LogP contribution is -2.64. The summed E-state index contributed by atoms with van der Waals surface area (Å²) < 4.78 is 38.3. The van der Waals surface area contributed by atoms with Gasteiger partial charge in [0.25, 0.3) is 0 Å². The van der Waals surface area contributed by atoms with Gasteiger partial charge in [-0.2, -0.15) is 0 Å². The number of piperidine rings is 1. The monoisotopic (exact) mass is 335 g/mol. The van der Waals surface area contributed by atoms with Crippen LogP contribution in [0.2, 0.25) is 0 Å². The fourth-order valence-electron chi connectivity index (χ4n) is 3.69. The van der Waals surface area contributed by atoms with Gasteiger partial charge < -0.3 is 10.1 Å². The van der Waals surface area contributed by atoms with E-state index in [2.05, 4.69) is 26.1 Å². The fraction of sp³-hybridized carbons (Fsp3) is 0.667. The molecular weight excluding hydrogens is 298 g/mol. The molecule has 1 N–H and O–H groups in total. The van der Waals surface area contributed by atoms with Crippen molar-refractivity contribution in [2.24, 2.45) is 5.92 Å². The van der Waals surface area contributed by atoms with Gasteiger partial charge in [-0.1, -0.05) is 31.1 Å². The van der Waals surface area contributed by atoms with E-state index in [0.29, 0.717) is 23.5 Å². The molecule has 134 valence electrons. The zero-order chi connectivity index (χ0) is 21.6. The van der Waals surface area contributed by atoms with E-state index in [-0.39, 0.29) is 35.8 Å². The molecule has 1 saturated heterocycles. The van der Waals surface area contributed by atoms with Gasteiger partial charge in [-0.25, -0.2) is 0 Å². The first-order valence-corrected chi connectivity index (χ1v) is 8.79. The Hall–Kier alpha value is -1.35. The summed E-state index contributed by atoms with van der Waals surface area (Å²) in [5.41, 5.74) is -0.180. The highest BCUT2D eigenvalue weighted by atomic mass is 16.5. The molecule has 3 heteroatoms. The second-order valence-electron chi connectivity index (χ2n) is 8.16. The lowest BCUT2D eigenvalue weighted by molar-refractivity contribution is -0.152. The molecule has 0 saturated carbocycles. The third-order valence-electron chi connectivity index (χ3n) is 5.36. The van der Waals surface area contributed by atoms with Crippen molar-refractivity contribution in [2.75, 3.05) is 0 Å². The first-order valence-electron chi connectivity index (χ1n) is 10.8. The molecule has 1 aliphatic rings. The summed E-state index contributed by atoms with van der Waals surface area (Å²) in [6, 6.07) is -0.869. The average Bonchev–Trinajstić information content (AvgIpc) is 2.57. The Kier molecular flexibility index (Phi) is 3.98. The minimum absolute atomic E-state index is 0.106. The Balaban J connectivity index is 2.71. The maximum absolute atomic E-state index is 13.2. The van der Waals surface area contributed by atoms with Gasteiger partial charge in [0.1, 0.15) is 0 Å². The van der Waals surface area contributed by atoms with E-state index < -0.39 is 17.4 Å². The van der Waals surface area contributed by atoms with Crippen molar-refractivity contribution in [2.45, 2.75) is 84.4 Å². The van der Waals surface area contributed by atoms with Crippen molar-refractivity contribution >= 4 is 5.97 Å². The fourth-order valence-corrected chi connectivity index (χ4v) is 3.69. The van der Waals surface area contributed by atoms with E-state index in [1.165, 1.54) is 0 Å². The zero-order valence-corrected chi connectivity index (χ0v) is 16.0. The molecule has 0 aromatic heterocycles. The van der Waals surface area contributed by atoms with Gasteiger partial charge in [0, 0.05) is 11.1 Å². The Bertz CT molecular complexity index is 749. The second-order valence-corrected chi connectivity index (χ2v) is 8.16. The third-order valence-corrected chi connectivity index (χ3v) is 5.36. The molecule has 1 aromatic carbocycles. The van der Waals surface area contributed by atoms with Crippen LogP contribution >= 0.6 is 0 Å². The number of nitrogens with one attached hydrogen (secondary N) is 1. The molecule has 3 nitrogen and oxygen atoms in total. The Labute approximate surface area is 152 Å². The lowest BCUT2D eigenvalue weighted by atomic mass is 9.68. The van der Waals surface area contributed by atoms with Crippen molar-refractivity contribution in [1.82, 2.24) is 5.32 Å². The van der Waals surface area contributed by atoms with E-state index >= 15 is 0 Å². The standard InChI is InChI=1S/C21H33NO2/c1-14(2)24-19(23)18(17-11-9-8-10-15(17)3)21(7)13-12-16(4)20(5,6)22-21/h8-11,14,16,18,22H,12-13H2,1-7H3/t16?,18-,21+/m0/s1/i8D,9D,10D,11D. The minimum atomic E-state index is -0.831. The van der Waals surface area contributed by atoms with Crippen LogP contribution in [0.15, 0.2) is 24.2 Å².